The van der Waals surface area contributed by atoms with Crippen molar-refractivity contribution in [2.75, 3.05) is 13.1 Å². The van der Waals surface area contributed by atoms with Gasteiger partial charge in [-0.3, -0.25) is 0 Å². The molecule has 0 aliphatic rings. The van der Waals surface area contributed by atoms with Crippen molar-refractivity contribution in [2.45, 2.75) is 38.8 Å². The molecule has 0 saturated heterocycles. The molecule has 0 aliphatic carbocycles. The van der Waals surface area contributed by atoms with E-state index in [0.29, 0.717) is 13.1 Å². The highest BCUT2D eigenvalue weighted by atomic mass is 16.2. The average molecular weight is 202 g/mol. The van der Waals surface area contributed by atoms with E-state index in [4.69, 9.17) is 17.2 Å². The van der Waals surface area contributed by atoms with Gasteiger partial charge in [0.05, 0.1) is 11.1 Å². The molecule has 0 spiro atoms. The van der Waals surface area contributed by atoms with Crippen LogP contribution in [0.3, 0.4) is 0 Å². The summed E-state index contributed by atoms with van der Waals surface area (Å²) in [6, 6.07) is -0.490. The topological polar surface area (TPSA) is 98.4 Å². The summed E-state index contributed by atoms with van der Waals surface area (Å²) in [5.74, 6) is 0. The van der Waals surface area contributed by atoms with E-state index in [-0.39, 0.29) is 0 Å². The largest absolute Gasteiger partial charge is 0.351 e. The van der Waals surface area contributed by atoms with Gasteiger partial charge in [0, 0.05) is 13.1 Å². The van der Waals surface area contributed by atoms with Crippen molar-refractivity contribution in [3.8, 4) is 0 Å². The van der Waals surface area contributed by atoms with Crippen LogP contribution in [0.25, 0.3) is 0 Å². The van der Waals surface area contributed by atoms with Crippen molar-refractivity contribution < 1.29 is 4.79 Å². The van der Waals surface area contributed by atoms with E-state index >= 15 is 0 Å². The maximum absolute atomic E-state index is 11.3. The average Bonchev–Trinajstić information content (AvgIpc) is 2.02. The number of hydrogen-bond acceptors (Lipinski definition) is 3. The van der Waals surface area contributed by atoms with E-state index in [9.17, 15) is 4.79 Å². The molecule has 0 aromatic rings. The van der Waals surface area contributed by atoms with E-state index in [1.165, 1.54) is 0 Å². The lowest BCUT2D eigenvalue weighted by Crippen LogP contribution is -2.64. The molecule has 0 rings (SSSR count). The van der Waals surface area contributed by atoms with Crippen molar-refractivity contribution >= 4 is 6.03 Å². The Hall–Kier alpha value is -0.810. The maximum atomic E-state index is 11.3. The van der Waals surface area contributed by atoms with Crippen LogP contribution in [0.5, 0.6) is 0 Å². The Morgan fingerprint density at radius 1 is 1.07 bits per heavy atom. The van der Waals surface area contributed by atoms with Crippen molar-refractivity contribution in [1.82, 2.24) is 4.90 Å². The van der Waals surface area contributed by atoms with Gasteiger partial charge in [0.1, 0.15) is 0 Å². The maximum Gasteiger partial charge on any atom is 0.315 e. The smallest absolute Gasteiger partial charge is 0.315 e. The van der Waals surface area contributed by atoms with Gasteiger partial charge in [-0.1, -0.05) is 0 Å². The third-order valence-corrected chi connectivity index (χ3v) is 2.43. The molecule has 0 saturated carbocycles. The van der Waals surface area contributed by atoms with E-state index in [0.717, 1.165) is 0 Å². The zero-order valence-electron chi connectivity index (χ0n) is 9.50. The first-order valence-corrected chi connectivity index (χ1v) is 4.69. The third kappa shape index (κ3) is 2.59. The highest BCUT2D eigenvalue weighted by Gasteiger charge is 2.38. The quantitative estimate of drug-likeness (QED) is 0.591. The predicted octanol–water partition coefficient (Wildman–Crippen LogP) is -0.158. The molecular weight excluding hydrogens is 180 g/mol. The number of carbonyl (C=O) groups excluding carboxylic acids is 1. The first kappa shape index (κ1) is 13.2. The molecule has 0 bridgehead atoms. The minimum Gasteiger partial charge on any atom is -0.351 e. The Morgan fingerprint density at radius 2 is 1.36 bits per heavy atom. The van der Waals surface area contributed by atoms with Crippen LogP contribution < -0.4 is 17.2 Å². The zero-order valence-corrected chi connectivity index (χ0v) is 9.50. The SMILES string of the molecule is CC(C)(CN)N(C(N)=O)C(C)(C)CN. The van der Waals surface area contributed by atoms with Gasteiger partial charge >= 0.3 is 6.03 Å². The summed E-state index contributed by atoms with van der Waals surface area (Å²) in [4.78, 5) is 12.9. The van der Waals surface area contributed by atoms with Crippen LogP contribution in [0.2, 0.25) is 0 Å². The summed E-state index contributed by atoms with van der Waals surface area (Å²) in [5.41, 5.74) is 15.6. The highest BCUT2D eigenvalue weighted by molar-refractivity contribution is 5.74. The van der Waals surface area contributed by atoms with E-state index in [1.807, 2.05) is 27.7 Å². The summed E-state index contributed by atoms with van der Waals surface area (Å²) in [5, 5.41) is 0. The van der Waals surface area contributed by atoms with Crippen LogP contribution >= 0.6 is 0 Å². The van der Waals surface area contributed by atoms with Crippen LogP contribution in [-0.4, -0.2) is 35.1 Å². The number of nitrogens with two attached hydrogens (primary N) is 3. The van der Waals surface area contributed by atoms with Gasteiger partial charge < -0.3 is 22.1 Å². The normalized spacial score (nSPS) is 12.7. The van der Waals surface area contributed by atoms with Crippen molar-refractivity contribution in [3.63, 3.8) is 0 Å². The first-order chi connectivity index (χ1) is 6.19. The Kier molecular flexibility index (Phi) is 3.91. The number of amides is 2. The molecule has 0 radical (unpaired) electrons. The van der Waals surface area contributed by atoms with Crippen molar-refractivity contribution in [1.29, 1.82) is 0 Å². The molecule has 2 amide bonds. The van der Waals surface area contributed by atoms with Crippen molar-refractivity contribution in [3.05, 3.63) is 0 Å². The summed E-state index contributed by atoms with van der Waals surface area (Å²) in [6.45, 7) is 8.17. The van der Waals surface area contributed by atoms with Crippen LogP contribution in [-0.2, 0) is 0 Å². The van der Waals surface area contributed by atoms with E-state index < -0.39 is 17.1 Å². The molecule has 0 aromatic carbocycles. The first-order valence-electron chi connectivity index (χ1n) is 4.69. The molecular formula is C9H22N4O. The fraction of sp³-hybridized carbons (Fsp3) is 0.889. The molecule has 5 nitrogen and oxygen atoms in total. The van der Waals surface area contributed by atoms with Gasteiger partial charge in [-0.05, 0) is 27.7 Å². The second-order valence-electron chi connectivity index (χ2n) is 4.71. The van der Waals surface area contributed by atoms with Gasteiger partial charge in [-0.15, -0.1) is 0 Å². The van der Waals surface area contributed by atoms with Crippen LogP contribution in [0.1, 0.15) is 27.7 Å². The minimum atomic E-state index is -0.490. The van der Waals surface area contributed by atoms with Gasteiger partial charge in [0.15, 0.2) is 0 Å². The number of nitrogens with zero attached hydrogens (tertiary/aromatic N) is 1. The monoisotopic (exact) mass is 202 g/mol. The zero-order chi connectivity index (χ0) is 11.6. The van der Waals surface area contributed by atoms with E-state index in [1.54, 1.807) is 4.90 Å². The lowest BCUT2D eigenvalue weighted by Gasteiger charge is -2.46. The van der Waals surface area contributed by atoms with Gasteiger partial charge in [-0.2, -0.15) is 0 Å². The van der Waals surface area contributed by atoms with Gasteiger partial charge in [-0.25, -0.2) is 4.79 Å². The number of rotatable bonds is 4. The summed E-state index contributed by atoms with van der Waals surface area (Å²) >= 11 is 0. The molecule has 0 fully saturated rings. The molecule has 0 atom stereocenters. The third-order valence-electron chi connectivity index (χ3n) is 2.43. The van der Waals surface area contributed by atoms with Gasteiger partial charge in [0.2, 0.25) is 0 Å². The second-order valence-corrected chi connectivity index (χ2v) is 4.71. The number of hydrogen-bond donors (Lipinski definition) is 3. The van der Waals surface area contributed by atoms with Gasteiger partial charge in [0.25, 0.3) is 0 Å². The molecule has 0 unspecified atom stereocenters. The Morgan fingerprint density at radius 3 is 1.50 bits per heavy atom. The predicted molar refractivity (Wildman–Crippen MR) is 57.7 cm³/mol. The van der Waals surface area contributed by atoms with Crippen LogP contribution in [0, 0.1) is 0 Å². The fourth-order valence-electron chi connectivity index (χ4n) is 1.60. The molecule has 6 N–H and O–H groups in total. The summed E-state index contributed by atoms with van der Waals surface area (Å²) in [6.07, 6.45) is 0. The molecule has 84 valence electrons. The van der Waals surface area contributed by atoms with E-state index in [2.05, 4.69) is 0 Å². The number of carbonyl (C=O) groups is 1. The fourth-order valence-corrected chi connectivity index (χ4v) is 1.60. The molecule has 14 heavy (non-hydrogen) atoms. The molecule has 5 heteroatoms. The van der Waals surface area contributed by atoms with Crippen LogP contribution in [0.4, 0.5) is 4.79 Å². The standard InChI is InChI=1S/C9H22N4O/c1-8(2,5-10)13(7(12)14)9(3,4)6-11/h5-6,10-11H2,1-4H3,(H2,12,14). The van der Waals surface area contributed by atoms with Crippen LogP contribution in [0.15, 0.2) is 0 Å². The lowest BCUT2D eigenvalue weighted by atomic mass is 9.93. The molecule has 0 aliphatic heterocycles. The lowest BCUT2D eigenvalue weighted by molar-refractivity contribution is 0.0680. The Balaban J connectivity index is 5.06. The Bertz CT molecular complexity index is 197. The molecule has 0 heterocycles. The summed E-state index contributed by atoms with van der Waals surface area (Å²) < 4.78 is 0. The Labute approximate surface area is 85.6 Å². The highest BCUT2D eigenvalue weighted by Crippen LogP contribution is 2.23. The van der Waals surface area contributed by atoms with Crippen molar-refractivity contribution in [2.24, 2.45) is 17.2 Å². The second kappa shape index (κ2) is 4.14. The molecule has 0 aromatic heterocycles. The minimum absolute atomic E-state index is 0.347. The number of urea groups is 1. The number of primary amides is 1. The summed E-state index contributed by atoms with van der Waals surface area (Å²) in [7, 11) is 0.